The van der Waals surface area contributed by atoms with Crippen molar-refractivity contribution in [2.75, 3.05) is 0 Å². The van der Waals surface area contributed by atoms with Crippen molar-refractivity contribution < 1.29 is 19.1 Å². The first-order chi connectivity index (χ1) is 16.8. The van der Waals surface area contributed by atoms with Crippen molar-refractivity contribution in [3.05, 3.63) is 71.3 Å². The van der Waals surface area contributed by atoms with Gasteiger partial charge in [-0.25, -0.2) is 4.79 Å². The van der Waals surface area contributed by atoms with Gasteiger partial charge >= 0.3 is 6.09 Å². The van der Waals surface area contributed by atoms with Crippen molar-refractivity contribution in [2.24, 2.45) is 5.92 Å². The lowest BCUT2D eigenvalue weighted by Crippen LogP contribution is -2.56. The van der Waals surface area contributed by atoms with Gasteiger partial charge in [0.2, 0.25) is 11.8 Å². The normalized spacial score (nSPS) is 13.2. The van der Waals surface area contributed by atoms with Crippen LogP contribution in [0.3, 0.4) is 0 Å². The fourth-order valence-corrected chi connectivity index (χ4v) is 3.86. The van der Waals surface area contributed by atoms with E-state index in [0.717, 1.165) is 11.1 Å². The van der Waals surface area contributed by atoms with E-state index in [9.17, 15) is 14.4 Å². The maximum Gasteiger partial charge on any atom is 0.408 e. The first-order valence-electron chi connectivity index (χ1n) is 12.5. The van der Waals surface area contributed by atoms with Gasteiger partial charge in [-0.1, -0.05) is 74.0 Å². The number of nitrogens with one attached hydrogen (secondary N) is 2. The minimum Gasteiger partial charge on any atom is -0.444 e. The molecule has 3 amide bonds. The summed E-state index contributed by atoms with van der Waals surface area (Å²) >= 11 is 0. The zero-order chi connectivity index (χ0) is 27.0. The zero-order valence-corrected chi connectivity index (χ0v) is 22.8. The number of hydrogen-bond donors (Lipinski definition) is 2. The smallest absolute Gasteiger partial charge is 0.408 e. The van der Waals surface area contributed by atoms with Gasteiger partial charge in [0.15, 0.2) is 0 Å². The Kier molecular flexibility index (Phi) is 10.1. The molecular weight excluding hydrogens is 454 g/mol. The molecule has 2 aromatic carbocycles. The average molecular weight is 496 g/mol. The van der Waals surface area contributed by atoms with Crippen LogP contribution in [-0.4, -0.2) is 40.5 Å². The first-order valence-corrected chi connectivity index (χ1v) is 12.5. The van der Waals surface area contributed by atoms with Crippen LogP contribution in [-0.2, 0) is 20.9 Å². The topological polar surface area (TPSA) is 87.7 Å². The number of aryl methyl sites for hydroxylation is 1. The molecule has 0 radical (unpaired) electrons. The molecule has 196 valence electrons. The quantitative estimate of drug-likeness (QED) is 0.504. The Morgan fingerprint density at radius 2 is 1.50 bits per heavy atom. The maximum atomic E-state index is 14.0. The molecule has 2 unspecified atom stereocenters. The third-order valence-corrected chi connectivity index (χ3v) is 5.64. The van der Waals surface area contributed by atoms with E-state index < -0.39 is 23.8 Å². The summed E-state index contributed by atoms with van der Waals surface area (Å²) in [6.07, 6.45) is -0.668. The van der Waals surface area contributed by atoms with E-state index in [-0.39, 0.29) is 23.8 Å². The van der Waals surface area contributed by atoms with Crippen LogP contribution in [0, 0.1) is 12.8 Å². The number of nitrogens with zero attached hydrogens (tertiary/aromatic N) is 1. The van der Waals surface area contributed by atoms with Crippen molar-refractivity contribution in [3.8, 4) is 0 Å². The van der Waals surface area contributed by atoms with Crippen LogP contribution in [0.2, 0.25) is 0 Å². The minimum atomic E-state index is -0.872. The van der Waals surface area contributed by atoms with E-state index in [0.29, 0.717) is 12.1 Å². The summed E-state index contributed by atoms with van der Waals surface area (Å²) in [5.74, 6) is -0.854. The molecule has 7 heteroatoms. The monoisotopic (exact) mass is 495 g/mol. The summed E-state index contributed by atoms with van der Waals surface area (Å²) < 4.78 is 5.40. The number of hydrogen-bond acceptors (Lipinski definition) is 4. The Bertz CT molecular complexity index is 1010. The fourth-order valence-electron chi connectivity index (χ4n) is 3.86. The molecule has 0 aliphatic heterocycles. The van der Waals surface area contributed by atoms with E-state index in [4.69, 9.17) is 4.74 Å². The number of carbonyl (C=O) groups is 3. The number of rotatable bonds is 9. The Morgan fingerprint density at radius 3 is 2.00 bits per heavy atom. The van der Waals surface area contributed by atoms with Crippen molar-refractivity contribution >= 4 is 17.9 Å². The summed E-state index contributed by atoms with van der Waals surface area (Å²) in [6, 6.07) is 15.2. The highest BCUT2D eigenvalue weighted by atomic mass is 16.6. The van der Waals surface area contributed by atoms with Crippen LogP contribution >= 0.6 is 0 Å². The molecule has 0 aliphatic carbocycles. The third-order valence-electron chi connectivity index (χ3n) is 5.64. The van der Waals surface area contributed by atoms with E-state index in [1.807, 2.05) is 89.2 Å². The van der Waals surface area contributed by atoms with Crippen molar-refractivity contribution in [3.63, 3.8) is 0 Å². The van der Waals surface area contributed by atoms with Gasteiger partial charge in [-0.2, -0.15) is 0 Å². The van der Waals surface area contributed by atoms with E-state index in [1.165, 1.54) is 0 Å². The standard InChI is InChI=1S/C29H41N3O4/c1-19(2)24(31-28(35)36-29(6,7)8)27(34)32(20(3)4)25(23-16-14-21(5)15-17-23)26(33)30-18-22-12-10-9-11-13-22/h9-17,19-20,24-25H,18H2,1-8H3,(H,30,33)(H,31,35). The molecule has 0 fully saturated rings. The van der Waals surface area contributed by atoms with Crippen LogP contribution < -0.4 is 10.6 Å². The van der Waals surface area contributed by atoms with Gasteiger partial charge in [0.25, 0.3) is 0 Å². The predicted octanol–water partition coefficient (Wildman–Crippen LogP) is 5.14. The Hall–Kier alpha value is -3.35. The second-order valence-electron chi connectivity index (χ2n) is 10.7. The highest BCUT2D eigenvalue weighted by Crippen LogP contribution is 2.26. The second kappa shape index (κ2) is 12.6. The molecule has 2 N–H and O–H groups in total. The number of amides is 3. The molecule has 36 heavy (non-hydrogen) atoms. The molecule has 0 aliphatic rings. The zero-order valence-electron chi connectivity index (χ0n) is 22.8. The molecule has 0 saturated heterocycles. The minimum absolute atomic E-state index is 0.225. The predicted molar refractivity (Wildman–Crippen MR) is 142 cm³/mol. The molecule has 0 bridgehead atoms. The Labute approximate surface area is 215 Å². The first kappa shape index (κ1) is 28.9. The SMILES string of the molecule is Cc1ccc(C(C(=O)NCc2ccccc2)N(C(=O)C(NC(=O)OC(C)(C)C)C(C)C)C(C)C)cc1. The van der Waals surface area contributed by atoms with Gasteiger partial charge in [-0.15, -0.1) is 0 Å². The van der Waals surface area contributed by atoms with Gasteiger partial charge in [0.1, 0.15) is 17.7 Å². The van der Waals surface area contributed by atoms with Crippen molar-refractivity contribution in [1.29, 1.82) is 0 Å². The molecule has 2 atom stereocenters. The van der Waals surface area contributed by atoms with Gasteiger partial charge in [0, 0.05) is 12.6 Å². The molecule has 0 aromatic heterocycles. The average Bonchev–Trinajstić information content (AvgIpc) is 2.79. The number of alkyl carbamates (subject to hydrolysis) is 1. The van der Waals surface area contributed by atoms with Gasteiger partial charge in [0.05, 0.1) is 0 Å². The van der Waals surface area contributed by atoms with Gasteiger partial charge in [-0.3, -0.25) is 9.59 Å². The highest BCUT2D eigenvalue weighted by molar-refractivity contribution is 5.92. The summed E-state index contributed by atoms with van der Waals surface area (Å²) in [6.45, 7) is 15.1. The number of carbonyl (C=O) groups excluding carboxylic acids is 3. The third kappa shape index (κ3) is 8.40. The molecule has 0 heterocycles. The maximum absolute atomic E-state index is 14.0. The Balaban J connectivity index is 2.41. The Morgan fingerprint density at radius 1 is 0.917 bits per heavy atom. The van der Waals surface area contributed by atoms with Crippen LogP contribution in [0.4, 0.5) is 4.79 Å². The van der Waals surface area contributed by atoms with E-state index in [1.54, 1.807) is 25.7 Å². The number of ether oxygens (including phenoxy) is 1. The molecular formula is C29H41N3O4. The van der Waals surface area contributed by atoms with Gasteiger partial charge < -0.3 is 20.3 Å². The van der Waals surface area contributed by atoms with E-state index >= 15 is 0 Å². The van der Waals surface area contributed by atoms with Crippen LogP contribution in [0.15, 0.2) is 54.6 Å². The molecule has 2 aromatic rings. The lowest BCUT2D eigenvalue weighted by Gasteiger charge is -2.38. The summed E-state index contributed by atoms with van der Waals surface area (Å²) in [7, 11) is 0. The highest BCUT2D eigenvalue weighted by Gasteiger charge is 2.38. The molecule has 2 rings (SSSR count). The summed E-state index contributed by atoms with van der Waals surface area (Å²) in [4.78, 5) is 41.7. The van der Waals surface area contributed by atoms with Crippen LogP contribution in [0.1, 0.15) is 71.2 Å². The van der Waals surface area contributed by atoms with E-state index in [2.05, 4.69) is 10.6 Å². The number of benzene rings is 2. The molecule has 0 saturated carbocycles. The fraction of sp³-hybridized carbons (Fsp3) is 0.483. The lowest BCUT2D eigenvalue weighted by atomic mass is 9.97. The van der Waals surface area contributed by atoms with Crippen molar-refractivity contribution in [1.82, 2.24) is 15.5 Å². The molecule has 7 nitrogen and oxygen atoms in total. The van der Waals surface area contributed by atoms with Crippen molar-refractivity contribution in [2.45, 2.75) is 85.7 Å². The molecule has 0 spiro atoms. The largest absolute Gasteiger partial charge is 0.444 e. The lowest BCUT2D eigenvalue weighted by molar-refractivity contribution is -0.145. The van der Waals surface area contributed by atoms with Gasteiger partial charge in [-0.05, 0) is 58.6 Å². The second-order valence-corrected chi connectivity index (χ2v) is 10.7. The van der Waals surface area contributed by atoms with Crippen LogP contribution in [0.25, 0.3) is 0 Å². The summed E-state index contributed by atoms with van der Waals surface area (Å²) in [5.41, 5.74) is 2.01. The summed E-state index contributed by atoms with van der Waals surface area (Å²) in [5, 5.41) is 5.73. The van der Waals surface area contributed by atoms with Crippen LogP contribution in [0.5, 0.6) is 0 Å².